The van der Waals surface area contributed by atoms with Crippen molar-refractivity contribution in [3.8, 4) is 0 Å². The van der Waals surface area contributed by atoms with Gasteiger partial charge in [-0.1, -0.05) is 0 Å². The lowest BCUT2D eigenvalue weighted by Crippen LogP contribution is -2.36. The van der Waals surface area contributed by atoms with Gasteiger partial charge in [0.2, 0.25) is 0 Å². The number of nitrogens with zero attached hydrogens (tertiary/aromatic N) is 1. The van der Waals surface area contributed by atoms with E-state index >= 15 is 0 Å². The van der Waals surface area contributed by atoms with Gasteiger partial charge < -0.3 is 19.9 Å². The molecule has 0 unspecified atom stereocenters. The average molecular weight is 228 g/mol. The van der Waals surface area contributed by atoms with Crippen LogP contribution >= 0.6 is 0 Å². The second-order valence-corrected chi connectivity index (χ2v) is 5.31. The van der Waals surface area contributed by atoms with Crippen molar-refractivity contribution in [2.24, 2.45) is 5.73 Å². The third-order valence-electron chi connectivity index (χ3n) is 1.14. The molecule has 0 aliphatic carbocycles. The molecule has 0 aromatic heterocycles. The molecule has 0 rings (SSSR count). The second-order valence-electron chi connectivity index (χ2n) is 3.79. The molecule has 0 amide bonds. The maximum absolute atomic E-state index is 9.60. The quantitative estimate of drug-likeness (QED) is 0.435. The predicted molar refractivity (Wildman–Crippen MR) is 53.6 cm³/mol. The highest BCUT2D eigenvalue weighted by molar-refractivity contribution is 7.85. The molecule has 14 heavy (non-hydrogen) atoms. The van der Waals surface area contributed by atoms with Gasteiger partial charge in [0.1, 0.15) is 6.54 Å². The van der Waals surface area contributed by atoms with Gasteiger partial charge in [0, 0.05) is 6.54 Å². The summed E-state index contributed by atoms with van der Waals surface area (Å²) in [6.07, 6.45) is 0. The van der Waals surface area contributed by atoms with E-state index in [0.717, 1.165) is 11.0 Å². The Labute approximate surface area is 85.7 Å². The van der Waals surface area contributed by atoms with Crippen LogP contribution in [0, 0.1) is 0 Å². The molecule has 0 radical (unpaired) electrons. The minimum Gasteiger partial charge on any atom is -0.748 e. The lowest BCUT2D eigenvalue weighted by Gasteiger charge is -2.21. The highest BCUT2D eigenvalue weighted by Crippen LogP contribution is 1.84. The van der Waals surface area contributed by atoms with Crippen LogP contribution in [0.3, 0.4) is 0 Å². The van der Waals surface area contributed by atoms with E-state index < -0.39 is 15.9 Å². The van der Waals surface area contributed by atoms with Crippen molar-refractivity contribution in [2.45, 2.75) is 0 Å². The van der Waals surface area contributed by atoms with Crippen molar-refractivity contribution in [1.82, 2.24) is 0 Å². The van der Waals surface area contributed by atoms with Crippen molar-refractivity contribution in [2.75, 3.05) is 46.6 Å². The van der Waals surface area contributed by atoms with Crippen molar-refractivity contribution >= 4 is 10.1 Å². The number of hydrogen-bond acceptors (Lipinski definition) is 5. The van der Waals surface area contributed by atoms with Crippen LogP contribution in [0.5, 0.6) is 0 Å². The van der Waals surface area contributed by atoms with E-state index in [9.17, 15) is 13.0 Å². The minimum absolute atomic E-state index is 0.0914. The first-order valence-corrected chi connectivity index (χ1v) is 5.75. The second kappa shape index (κ2) is 7.13. The molecule has 0 aromatic carbocycles. The van der Waals surface area contributed by atoms with Gasteiger partial charge >= 0.3 is 0 Å². The lowest BCUT2D eigenvalue weighted by molar-refractivity contribution is -0.870. The fourth-order valence-corrected chi connectivity index (χ4v) is 0.733. The molecule has 0 spiro atoms. The van der Waals surface area contributed by atoms with Gasteiger partial charge in [0.25, 0.3) is 0 Å². The summed E-state index contributed by atoms with van der Waals surface area (Å²) < 4.78 is 29.6. The Balaban J connectivity index is 0. The van der Waals surface area contributed by atoms with Gasteiger partial charge in [-0.2, -0.15) is 0 Å². The maximum Gasteiger partial charge on any atom is 0.101 e. The molecular formula is C7H20N2O4S. The highest BCUT2D eigenvalue weighted by Gasteiger charge is 2.02. The summed E-state index contributed by atoms with van der Waals surface area (Å²) >= 11 is 0. The van der Waals surface area contributed by atoms with Gasteiger partial charge in [0.05, 0.1) is 43.6 Å². The molecule has 3 N–H and O–H groups in total. The number of hydrogen-bond donors (Lipinski definition) is 2. The number of quaternary nitrogens is 1. The first kappa shape index (κ1) is 16.2. The normalized spacial score (nSPS) is 11.9. The Bertz CT molecular complexity index is 220. The lowest BCUT2D eigenvalue weighted by atomic mass is 10.5. The number of likely N-dealkylation sites (N-methyl/N-ethyl adjacent to an activating group) is 1. The Morgan fingerprint density at radius 3 is 1.79 bits per heavy atom. The number of aliphatic hydroxyl groups excluding tert-OH is 1. The monoisotopic (exact) mass is 228 g/mol. The summed E-state index contributed by atoms with van der Waals surface area (Å²) in [5.74, 6) is -0.465. The molecule has 0 bridgehead atoms. The summed E-state index contributed by atoms with van der Waals surface area (Å²) in [5.41, 5.74) is 4.74. The van der Waals surface area contributed by atoms with Crippen molar-refractivity contribution in [1.29, 1.82) is 0 Å². The van der Waals surface area contributed by atoms with Gasteiger partial charge in [-0.25, -0.2) is 8.42 Å². The summed E-state index contributed by atoms with van der Waals surface area (Å²) in [4.78, 5) is 0. The first-order chi connectivity index (χ1) is 6.12. The molecule has 0 aliphatic heterocycles. The SMILES string of the molecule is C[N+](C)(C)CCO.NCCS(=O)(=O)[O-]. The standard InChI is InChI=1S/C5H14NO.C2H7NO3S/c1-6(2,3)4-5-7;3-1-2-7(4,5)6/h7H,4-5H2,1-3H3;1-3H2,(H,4,5,6)/q+1;/p-1. The summed E-state index contributed by atoms with van der Waals surface area (Å²) in [5, 5.41) is 8.39. The van der Waals surface area contributed by atoms with Crippen LogP contribution in [-0.4, -0.2) is 69.2 Å². The van der Waals surface area contributed by atoms with Crippen LogP contribution in [-0.2, 0) is 10.1 Å². The zero-order valence-electron chi connectivity index (χ0n) is 8.93. The van der Waals surface area contributed by atoms with E-state index in [1.54, 1.807) is 0 Å². The Morgan fingerprint density at radius 2 is 1.79 bits per heavy atom. The first-order valence-electron chi connectivity index (χ1n) is 4.17. The van der Waals surface area contributed by atoms with E-state index in [4.69, 9.17) is 10.8 Å². The largest absolute Gasteiger partial charge is 0.748 e. The third kappa shape index (κ3) is 22.6. The fourth-order valence-electron chi connectivity index (χ4n) is 0.444. The average Bonchev–Trinajstić information content (AvgIpc) is 1.81. The van der Waals surface area contributed by atoms with Crippen molar-refractivity contribution in [3.05, 3.63) is 0 Å². The zero-order valence-corrected chi connectivity index (χ0v) is 9.75. The molecular weight excluding hydrogens is 208 g/mol. The number of aliphatic hydroxyl groups is 1. The van der Waals surface area contributed by atoms with E-state index in [-0.39, 0.29) is 13.2 Å². The smallest absolute Gasteiger partial charge is 0.101 e. The molecule has 0 aliphatic rings. The molecule has 0 atom stereocenters. The Hall–Kier alpha value is -0.210. The topological polar surface area (TPSA) is 103 Å². The summed E-state index contributed by atoms with van der Waals surface area (Å²) in [7, 11) is 2.11. The maximum atomic E-state index is 9.60. The van der Waals surface area contributed by atoms with Crippen molar-refractivity contribution in [3.63, 3.8) is 0 Å². The number of nitrogens with two attached hydrogens (primary N) is 1. The molecule has 0 saturated heterocycles. The molecule has 6 nitrogen and oxygen atoms in total. The van der Waals surface area contributed by atoms with Crippen LogP contribution in [0.15, 0.2) is 0 Å². The van der Waals surface area contributed by atoms with Gasteiger partial charge in [-0.3, -0.25) is 0 Å². The van der Waals surface area contributed by atoms with E-state index in [1.807, 2.05) is 0 Å². The van der Waals surface area contributed by atoms with Crippen LogP contribution in [0.25, 0.3) is 0 Å². The predicted octanol–water partition coefficient (Wildman–Crippen LogP) is -1.82. The highest BCUT2D eigenvalue weighted by atomic mass is 32.2. The minimum atomic E-state index is -4.05. The van der Waals surface area contributed by atoms with Gasteiger partial charge in [-0.05, 0) is 0 Å². The zero-order chi connectivity index (χ0) is 11.8. The molecule has 0 heterocycles. The van der Waals surface area contributed by atoms with Gasteiger partial charge in [0.15, 0.2) is 0 Å². The summed E-state index contributed by atoms with van der Waals surface area (Å²) in [6, 6.07) is 0. The summed E-state index contributed by atoms with van der Waals surface area (Å²) in [6.45, 7) is 1.02. The van der Waals surface area contributed by atoms with Crippen LogP contribution in [0.4, 0.5) is 0 Å². The van der Waals surface area contributed by atoms with Gasteiger partial charge in [-0.15, -0.1) is 0 Å². The Morgan fingerprint density at radius 1 is 1.36 bits per heavy atom. The van der Waals surface area contributed by atoms with Crippen molar-refractivity contribution < 1.29 is 22.6 Å². The van der Waals surface area contributed by atoms with Crippen LogP contribution < -0.4 is 5.73 Å². The van der Waals surface area contributed by atoms with Crippen LogP contribution in [0.1, 0.15) is 0 Å². The van der Waals surface area contributed by atoms with E-state index in [1.165, 1.54) is 0 Å². The molecule has 88 valence electrons. The molecule has 0 saturated carbocycles. The number of rotatable bonds is 4. The molecule has 7 heteroatoms. The Kier molecular flexibility index (Phi) is 8.27. The molecule has 0 aromatic rings. The van der Waals surface area contributed by atoms with E-state index in [2.05, 4.69) is 21.1 Å². The fraction of sp³-hybridized carbons (Fsp3) is 1.00. The van der Waals surface area contributed by atoms with Crippen LogP contribution in [0.2, 0.25) is 0 Å². The van der Waals surface area contributed by atoms with E-state index in [0.29, 0.717) is 0 Å². The molecule has 0 fully saturated rings. The third-order valence-corrected chi connectivity index (χ3v) is 1.87.